The predicted molar refractivity (Wildman–Crippen MR) is 106 cm³/mol. The van der Waals surface area contributed by atoms with E-state index >= 15 is 0 Å². The lowest BCUT2D eigenvalue weighted by Gasteiger charge is -2.33. The van der Waals surface area contributed by atoms with Gasteiger partial charge in [0, 0.05) is 6.54 Å². The fourth-order valence-electron chi connectivity index (χ4n) is 3.85. The number of rotatable bonds is 6. The van der Waals surface area contributed by atoms with Crippen molar-refractivity contribution in [2.75, 3.05) is 19.6 Å². The molecule has 0 aliphatic carbocycles. The van der Waals surface area contributed by atoms with Gasteiger partial charge in [0.05, 0.1) is 18.0 Å². The Morgan fingerprint density at radius 1 is 1.12 bits per heavy atom. The van der Waals surface area contributed by atoms with E-state index in [0.29, 0.717) is 10.4 Å². The maximum Gasteiger partial charge on any atom is 0.435 e. The van der Waals surface area contributed by atoms with Crippen molar-refractivity contribution in [3.8, 4) is 5.69 Å². The minimum atomic E-state index is -4.90. The number of alkyl halides is 3. The quantitative estimate of drug-likeness (QED) is 0.574. The molecule has 0 radical (unpaired) electrons. The van der Waals surface area contributed by atoms with E-state index in [4.69, 9.17) is 4.42 Å². The van der Waals surface area contributed by atoms with Crippen molar-refractivity contribution in [1.82, 2.24) is 25.2 Å². The number of halogens is 4. The molecular formula is C21H21F4N5O2. The molecule has 3 aromatic rings. The number of nitrogens with zero attached hydrogens (tertiary/aromatic N) is 4. The highest BCUT2D eigenvalue weighted by molar-refractivity contribution is 5.93. The molecule has 1 aromatic carbocycles. The predicted octanol–water partition coefficient (Wildman–Crippen LogP) is 3.98. The van der Waals surface area contributed by atoms with Gasteiger partial charge in [-0.25, -0.2) is 9.07 Å². The molecule has 7 nitrogen and oxygen atoms in total. The van der Waals surface area contributed by atoms with Gasteiger partial charge in [-0.05, 0) is 62.3 Å². The van der Waals surface area contributed by atoms with E-state index in [1.165, 1.54) is 6.26 Å². The normalized spacial score (nSPS) is 16.1. The Morgan fingerprint density at radius 3 is 2.47 bits per heavy atom. The first-order valence-corrected chi connectivity index (χ1v) is 10.2. The Hall–Kier alpha value is -3.21. The summed E-state index contributed by atoms with van der Waals surface area (Å²) in [6.07, 6.45) is -0.290. The van der Waals surface area contributed by atoms with Crippen LogP contribution >= 0.6 is 0 Å². The van der Waals surface area contributed by atoms with Crippen molar-refractivity contribution in [1.29, 1.82) is 0 Å². The lowest BCUT2D eigenvalue weighted by Crippen LogP contribution is -2.41. The Morgan fingerprint density at radius 2 is 1.84 bits per heavy atom. The summed E-state index contributed by atoms with van der Waals surface area (Å²) in [5, 5.41) is 9.54. The molecule has 1 fully saturated rings. The number of carbonyl (C=O) groups excluding carboxylic acids is 1. The molecule has 11 heteroatoms. The van der Waals surface area contributed by atoms with E-state index in [2.05, 4.69) is 20.5 Å². The lowest BCUT2D eigenvalue weighted by atomic mass is 10.1. The van der Waals surface area contributed by atoms with Crippen LogP contribution in [0.4, 0.5) is 17.6 Å². The van der Waals surface area contributed by atoms with Crippen molar-refractivity contribution >= 4 is 5.91 Å². The first-order chi connectivity index (χ1) is 15.3. The van der Waals surface area contributed by atoms with Gasteiger partial charge in [-0.3, -0.25) is 9.69 Å². The van der Waals surface area contributed by atoms with Gasteiger partial charge < -0.3 is 9.73 Å². The summed E-state index contributed by atoms with van der Waals surface area (Å²) in [6, 6.07) is 7.46. The van der Waals surface area contributed by atoms with Crippen molar-refractivity contribution in [2.45, 2.75) is 31.5 Å². The van der Waals surface area contributed by atoms with E-state index in [0.717, 1.165) is 56.6 Å². The molecule has 1 aliphatic heterocycles. The third kappa shape index (κ3) is 4.67. The Labute approximate surface area is 181 Å². The second kappa shape index (κ2) is 9.11. The number of nitrogens with one attached hydrogen (secondary N) is 1. The number of hydrogen-bond acceptors (Lipinski definition) is 5. The van der Waals surface area contributed by atoms with Crippen molar-refractivity contribution in [2.24, 2.45) is 0 Å². The summed E-state index contributed by atoms with van der Waals surface area (Å²) in [7, 11) is 0. The highest BCUT2D eigenvalue weighted by Crippen LogP contribution is 2.33. The van der Waals surface area contributed by atoms with Gasteiger partial charge in [0.25, 0.3) is 5.91 Å². The van der Waals surface area contributed by atoms with Crippen LogP contribution in [0.3, 0.4) is 0 Å². The summed E-state index contributed by atoms with van der Waals surface area (Å²) in [5.41, 5.74) is -2.24. The Balaban J connectivity index is 1.58. The van der Waals surface area contributed by atoms with Gasteiger partial charge in [-0.15, -0.1) is 5.10 Å². The standard InChI is InChI=1S/C21H21F4N5O2/c22-14-6-8-15(9-7-14)30-19(21(23,24)25)18(27-28-30)20(31)26-13-16(17-5-4-12-32-17)29-10-2-1-3-11-29/h4-9,12,16H,1-3,10-11,13H2,(H,26,31). The van der Waals surface area contributed by atoms with E-state index in [1.54, 1.807) is 12.1 Å². The molecule has 1 saturated heterocycles. The second-order valence-corrected chi connectivity index (χ2v) is 7.51. The van der Waals surface area contributed by atoms with Crippen LogP contribution in [0.25, 0.3) is 5.69 Å². The summed E-state index contributed by atoms with van der Waals surface area (Å²) >= 11 is 0. The highest BCUT2D eigenvalue weighted by Gasteiger charge is 2.42. The first kappa shape index (κ1) is 22.0. The first-order valence-electron chi connectivity index (χ1n) is 10.2. The number of hydrogen-bond donors (Lipinski definition) is 1. The van der Waals surface area contributed by atoms with E-state index in [-0.39, 0.29) is 18.3 Å². The zero-order valence-electron chi connectivity index (χ0n) is 17.0. The summed E-state index contributed by atoms with van der Waals surface area (Å²) in [6.45, 7) is 1.65. The molecule has 170 valence electrons. The molecule has 0 spiro atoms. The number of aromatic nitrogens is 3. The molecule has 1 aliphatic rings. The van der Waals surface area contributed by atoms with Crippen LogP contribution in [-0.2, 0) is 6.18 Å². The van der Waals surface area contributed by atoms with Crippen LogP contribution in [0.2, 0.25) is 0 Å². The average molecular weight is 451 g/mol. The van der Waals surface area contributed by atoms with Crippen molar-refractivity contribution in [3.05, 3.63) is 65.6 Å². The van der Waals surface area contributed by atoms with E-state index in [9.17, 15) is 22.4 Å². The fraction of sp³-hybridized carbons (Fsp3) is 0.381. The molecule has 1 unspecified atom stereocenters. The molecule has 0 bridgehead atoms. The van der Waals surface area contributed by atoms with Crippen LogP contribution in [0.15, 0.2) is 47.1 Å². The molecule has 32 heavy (non-hydrogen) atoms. The number of carbonyl (C=O) groups is 1. The van der Waals surface area contributed by atoms with Crippen LogP contribution in [0.5, 0.6) is 0 Å². The van der Waals surface area contributed by atoms with Gasteiger partial charge in [0.15, 0.2) is 11.4 Å². The number of amides is 1. The van der Waals surface area contributed by atoms with E-state index in [1.807, 2.05) is 0 Å². The Kier molecular flexibility index (Phi) is 6.26. The fourth-order valence-corrected chi connectivity index (χ4v) is 3.85. The highest BCUT2D eigenvalue weighted by atomic mass is 19.4. The maximum atomic E-state index is 13.8. The van der Waals surface area contributed by atoms with Gasteiger partial charge in [-0.2, -0.15) is 13.2 Å². The molecule has 1 N–H and O–H groups in total. The van der Waals surface area contributed by atoms with Crippen molar-refractivity contribution < 1.29 is 26.8 Å². The lowest BCUT2D eigenvalue weighted by molar-refractivity contribution is -0.143. The van der Waals surface area contributed by atoms with Crippen LogP contribution in [-0.4, -0.2) is 45.4 Å². The van der Waals surface area contributed by atoms with Crippen LogP contribution in [0, 0.1) is 5.82 Å². The van der Waals surface area contributed by atoms with Crippen molar-refractivity contribution in [3.63, 3.8) is 0 Å². The molecule has 0 saturated carbocycles. The second-order valence-electron chi connectivity index (χ2n) is 7.51. The smallest absolute Gasteiger partial charge is 0.435 e. The summed E-state index contributed by atoms with van der Waals surface area (Å²) in [4.78, 5) is 14.9. The van der Waals surface area contributed by atoms with Gasteiger partial charge in [-0.1, -0.05) is 11.6 Å². The molecule has 4 rings (SSSR count). The van der Waals surface area contributed by atoms with Crippen LogP contribution in [0.1, 0.15) is 47.2 Å². The number of benzene rings is 1. The molecule has 1 atom stereocenters. The molecule has 1 amide bonds. The average Bonchev–Trinajstić information content (AvgIpc) is 3.45. The minimum absolute atomic E-state index is 0.0487. The molecule has 2 aromatic heterocycles. The number of furan rings is 1. The zero-order valence-corrected chi connectivity index (χ0v) is 17.0. The van der Waals surface area contributed by atoms with Gasteiger partial charge >= 0.3 is 6.18 Å². The summed E-state index contributed by atoms with van der Waals surface area (Å²) in [5.74, 6) is -0.987. The van der Waals surface area contributed by atoms with Gasteiger partial charge in [0.2, 0.25) is 0 Å². The minimum Gasteiger partial charge on any atom is -0.468 e. The van der Waals surface area contributed by atoms with E-state index < -0.39 is 29.3 Å². The monoisotopic (exact) mass is 451 g/mol. The summed E-state index contributed by atoms with van der Waals surface area (Å²) < 4.78 is 60.6. The Bertz CT molecular complexity index is 1040. The molecular weight excluding hydrogens is 430 g/mol. The molecule has 3 heterocycles. The van der Waals surface area contributed by atoms with Crippen LogP contribution < -0.4 is 5.32 Å². The number of piperidine rings is 1. The largest absolute Gasteiger partial charge is 0.468 e. The maximum absolute atomic E-state index is 13.8. The zero-order chi connectivity index (χ0) is 22.7. The third-order valence-corrected chi connectivity index (χ3v) is 5.38. The number of likely N-dealkylation sites (tertiary alicyclic amines) is 1. The SMILES string of the molecule is O=C(NCC(c1ccco1)N1CCCCC1)c1nnn(-c2ccc(F)cc2)c1C(F)(F)F. The van der Waals surface area contributed by atoms with Gasteiger partial charge in [0.1, 0.15) is 11.6 Å². The third-order valence-electron chi connectivity index (χ3n) is 5.38. The topological polar surface area (TPSA) is 76.2 Å².